The van der Waals surface area contributed by atoms with Crippen LogP contribution in [-0.4, -0.2) is 35.7 Å². The van der Waals surface area contributed by atoms with Crippen molar-refractivity contribution in [3.63, 3.8) is 0 Å². The number of amidine groups is 1. The van der Waals surface area contributed by atoms with Gasteiger partial charge in [0.2, 0.25) is 0 Å². The first-order chi connectivity index (χ1) is 7.98. The molecule has 0 unspecified atom stereocenters. The van der Waals surface area contributed by atoms with Gasteiger partial charge in [-0.2, -0.15) is 5.10 Å². The third-order valence-corrected chi connectivity index (χ3v) is 3.89. The molecule has 1 N–H and O–H groups in total. The largest absolute Gasteiger partial charge is 0.359 e. The smallest absolute Gasteiger partial charge is 0.146 e. The normalized spacial score (nSPS) is 30.6. The molecule has 2 rings (SSSR count). The average molecular weight is 237 g/mol. The Hall–Kier alpha value is -1.06. The van der Waals surface area contributed by atoms with Crippen molar-refractivity contribution in [2.45, 2.75) is 46.6 Å². The van der Waals surface area contributed by atoms with E-state index in [9.17, 15) is 4.79 Å². The van der Waals surface area contributed by atoms with Gasteiger partial charge in [0, 0.05) is 19.5 Å². The number of nitrogens with zero attached hydrogens (tertiary/aromatic N) is 2. The van der Waals surface area contributed by atoms with Crippen molar-refractivity contribution in [1.29, 1.82) is 0 Å². The molecule has 4 nitrogen and oxygen atoms in total. The molecule has 0 radical (unpaired) electrons. The Bertz CT molecular complexity index is 345. The Balaban J connectivity index is 2.18. The third kappa shape index (κ3) is 2.17. The van der Waals surface area contributed by atoms with Crippen LogP contribution < -0.4 is 5.43 Å². The van der Waals surface area contributed by atoms with Crippen LogP contribution in [0.25, 0.3) is 0 Å². The number of rotatable bonds is 2. The van der Waals surface area contributed by atoms with Crippen molar-refractivity contribution in [2.75, 3.05) is 13.1 Å². The SMILES string of the molecule is CCN(CC)C1=NN[C@@H]2CC(C)(C)CC(=O)[C@H]12. The van der Waals surface area contributed by atoms with Gasteiger partial charge in [0.25, 0.3) is 0 Å². The molecule has 0 aromatic heterocycles. The molecule has 17 heavy (non-hydrogen) atoms. The molecule has 96 valence electrons. The van der Waals surface area contributed by atoms with Gasteiger partial charge in [0.1, 0.15) is 11.6 Å². The molecule has 0 saturated heterocycles. The molecule has 1 aliphatic heterocycles. The van der Waals surface area contributed by atoms with Crippen molar-refractivity contribution in [2.24, 2.45) is 16.4 Å². The highest BCUT2D eigenvalue weighted by Gasteiger charge is 2.46. The zero-order valence-electron chi connectivity index (χ0n) is 11.3. The standard InChI is InChI=1S/C13H23N3O/c1-5-16(6-2)12-11-9(14-15-12)7-13(3,4)8-10(11)17/h9,11,14H,5-8H2,1-4H3/t9-,11-/m1/s1. The number of fused-ring (bicyclic) bond motifs is 1. The van der Waals surface area contributed by atoms with Crippen molar-refractivity contribution in [3.8, 4) is 0 Å². The van der Waals surface area contributed by atoms with Crippen molar-refractivity contribution >= 4 is 11.6 Å². The lowest BCUT2D eigenvalue weighted by Gasteiger charge is -2.37. The summed E-state index contributed by atoms with van der Waals surface area (Å²) >= 11 is 0. The van der Waals surface area contributed by atoms with E-state index in [1.807, 2.05) is 0 Å². The predicted octanol–water partition coefficient (Wildman–Crippen LogP) is 1.62. The maximum atomic E-state index is 12.3. The van der Waals surface area contributed by atoms with E-state index in [1.165, 1.54) is 0 Å². The molecule has 0 aromatic rings. The lowest BCUT2D eigenvalue weighted by molar-refractivity contribution is -0.126. The maximum absolute atomic E-state index is 12.3. The summed E-state index contributed by atoms with van der Waals surface area (Å²) in [6.07, 6.45) is 1.70. The van der Waals surface area contributed by atoms with Gasteiger partial charge in [-0.25, -0.2) is 0 Å². The summed E-state index contributed by atoms with van der Waals surface area (Å²) in [7, 11) is 0. The molecule has 2 aliphatic rings. The Morgan fingerprint density at radius 3 is 2.65 bits per heavy atom. The molecule has 0 amide bonds. The fourth-order valence-electron chi connectivity index (χ4n) is 3.07. The van der Waals surface area contributed by atoms with Crippen molar-refractivity contribution in [3.05, 3.63) is 0 Å². The maximum Gasteiger partial charge on any atom is 0.146 e. The fraction of sp³-hybridized carbons (Fsp3) is 0.846. The number of hydrogen-bond acceptors (Lipinski definition) is 4. The van der Waals surface area contributed by atoms with Crippen LogP contribution in [0.1, 0.15) is 40.5 Å². The first kappa shape index (κ1) is 12.4. The highest BCUT2D eigenvalue weighted by atomic mass is 16.1. The molecular weight excluding hydrogens is 214 g/mol. The second-order valence-corrected chi connectivity index (χ2v) is 5.87. The number of nitrogens with one attached hydrogen (secondary N) is 1. The minimum atomic E-state index is -0.0112. The summed E-state index contributed by atoms with van der Waals surface area (Å²) in [4.78, 5) is 14.5. The van der Waals surface area contributed by atoms with Gasteiger partial charge in [-0.3, -0.25) is 4.79 Å². The van der Waals surface area contributed by atoms with Crippen LogP contribution >= 0.6 is 0 Å². The second kappa shape index (κ2) is 4.31. The van der Waals surface area contributed by atoms with Crippen LogP contribution in [-0.2, 0) is 4.79 Å². The molecule has 0 spiro atoms. The highest BCUT2D eigenvalue weighted by Crippen LogP contribution is 2.38. The van der Waals surface area contributed by atoms with E-state index >= 15 is 0 Å². The summed E-state index contributed by atoms with van der Waals surface area (Å²) < 4.78 is 0. The average Bonchev–Trinajstić information content (AvgIpc) is 2.62. The molecular formula is C13H23N3O. The van der Waals surface area contributed by atoms with Gasteiger partial charge in [0.15, 0.2) is 0 Å². The van der Waals surface area contributed by atoms with Crippen molar-refractivity contribution < 1.29 is 4.79 Å². The van der Waals surface area contributed by atoms with E-state index in [4.69, 9.17) is 0 Å². The van der Waals surface area contributed by atoms with Crippen molar-refractivity contribution in [1.82, 2.24) is 10.3 Å². The lowest BCUT2D eigenvalue weighted by atomic mass is 9.69. The number of hydrogen-bond donors (Lipinski definition) is 1. The van der Waals surface area contributed by atoms with Gasteiger partial charge in [-0.1, -0.05) is 13.8 Å². The number of ketones is 1. The molecule has 0 aromatic carbocycles. The number of carbonyl (C=O) groups is 1. The highest BCUT2D eigenvalue weighted by molar-refractivity contribution is 6.06. The van der Waals surface area contributed by atoms with Crippen LogP contribution in [0.5, 0.6) is 0 Å². The van der Waals surface area contributed by atoms with Crippen LogP contribution in [0.4, 0.5) is 0 Å². The minimum Gasteiger partial charge on any atom is -0.359 e. The first-order valence-corrected chi connectivity index (χ1v) is 6.59. The quantitative estimate of drug-likeness (QED) is 0.793. The van der Waals surface area contributed by atoms with E-state index in [1.54, 1.807) is 0 Å². The fourth-order valence-corrected chi connectivity index (χ4v) is 3.07. The Morgan fingerprint density at radius 2 is 2.06 bits per heavy atom. The van der Waals surface area contributed by atoms with E-state index in [0.717, 1.165) is 25.3 Å². The van der Waals surface area contributed by atoms with E-state index in [-0.39, 0.29) is 17.4 Å². The van der Waals surface area contributed by atoms with E-state index in [2.05, 4.69) is 43.1 Å². The molecule has 1 aliphatic carbocycles. The Kier molecular flexibility index (Phi) is 3.15. The van der Waals surface area contributed by atoms with E-state index in [0.29, 0.717) is 12.2 Å². The van der Waals surface area contributed by atoms with Crippen LogP contribution in [0, 0.1) is 11.3 Å². The van der Waals surface area contributed by atoms with Crippen LogP contribution in [0.3, 0.4) is 0 Å². The van der Waals surface area contributed by atoms with Gasteiger partial charge in [-0.05, 0) is 25.7 Å². The van der Waals surface area contributed by atoms with Crippen LogP contribution in [0.2, 0.25) is 0 Å². The molecule has 1 fully saturated rings. The molecule has 1 saturated carbocycles. The summed E-state index contributed by atoms with van der Waals surface area (Å²) in [6, 6.07) is 0.210. The molecule has 0 bridgehead atoms. The number of carbonyl (C=O) groups excluding carboxylic acids is 1. The first-order valence-electron chi connectivity index (χ1n) is 6.59. The second-order valence-electron chi connectivity index (χ2n) is 5.87. The summed E-state index contributed by atoms with van der Waals surface area (Å²) in [5, 5.41) is 4.41. The van der Waals surface area contributed by atoms with Gasteiger partial charge in [0.05, 0.1) is 12.0 Å². The zero-order valence-corrected chi connectivity index (χ0v) is 11.3. The van der Waals surface area contributed by atoms with Gasteiger partial charge >= 0.3 is 0 Å². The third-order valence-electron chi connectivity index (χ3n) is 3.89. The summed E-state index contributed by atoms with van der Waals surface area (Å²) in [6.45, 7) is 10.4. The molecule has 2 atom stereocenters. The summed E-state index contributed by atoms with van der Waals surface area (Å²) in [5.41, 5.74) is 3.28. The molecule has 4 heteroatoms. The van der Waals surface area contributed by atoms with Gasteiger partial charge in [-0.15, -0.1) is 0 Å². The lowest BCUT2D eigenvalue weighted by Crippen LogP contribution is -2.48. The van der Waals surface area contributed by atoms with Gasteiger partial charge < -0.3 is 10.3 Å². The number of Topliss-reactive ketones (excluding diaryl/α,β-unsaturated/α-hetero) is 1. The number of hydrazone groups is 1. The Labute approximate surface area is 103 Å². The van der Waals surface area contributed by atoms with E-state index < -0.39 is 0 Å². The molecule has 1 heterocycles. The Morgan fingerprint density at radius 1 is 1.41 bits per heavy atom. The summed E-state index contributed by atoms with van der Waals surface area (Å²) in [5.74, 6) is 1.30. The monoisotopic (exact) mass is 237 g/mol. The minimum absolute atomic E-state index is 0.0112. The van der Waals surface area contributed by atoms with Crippen LogP contribution in [0.15, 0.2) is 5.10 Å². The topological polar surface area (TPSA) is 44.7 Å². The predicted molar refractivity (Wildman–Crippen MR) is 68.8 cm³/mol. The zero-order chi connectivity index (χ0) is 12.6.